The van der Waals surface area contributed by atoms with Gasteiger partial charge in [-0.3, -0.25) is 9.80 Å². The first-order chi connectivity index (χ1) is 11.7. The number of thiazole rings is 1. The summed E-state index contributed by atoms with van der Waals surface area (Å²) < 4.78 is 0. The van der Waals surface area contributed by atoms with E-state index in [0.29, 0.717) is 12.6 Å². The highest BCUT2D eigenvalue weighted by Crippen LogP contribution is 2.28. The zero-order valence-corrected chi connectivity index (χ0v) is 16.0. The van der Waals surface area contributed by atoms with Crippen molar-refractivity contribution in [1.29, 1.82) is 0 Å². The second-order valence-corrected chi connectivity index (χ2v) is 8.53. The molecule has 1 aliphatic carbocycles. The van der Waals surface area contributed by atoms with E-state index in [4.69, 9.17) is 0 Å². The van der Waals surface area contributed by atoms with Crippen LogP contribution in [0.4, 0.5) is 5.13 Å². The van der Waals surface area contributed by atoms with Crippen LogP contribution in [0.2, 0.25) is 0 Å². The zero-order chi connectivity index (χ0) is 16.9. The van der Waals surface area contributed by atoms with Gasteiger partial charge in [0, 0.05) is 70.0 Å². The molecule has 1 atom stereocenters. The molecule has 0 bridgehead atoms. The maximum Gasteiger partial charge on any atom is 0.185 e. The fraction of sp³-hybridized carbons (Fsp3) is 0.833. The first-order valence-electron chi connectivity index (χ1n) is 9.38. The third kappa shape index (κ3) is 4.48. The molecule has 24 heavy (non-hydrogen) atoms. The van der Waals surface area contributed by atoms with Crippen molar-refractivity contribution < 1.29 is 5.11 Å². The second kappa shape index (κ2) is 8.61. The van der Waals surface area contributed by atoms with Gasteiger partial charge in [-0.2, -0.15) is 0 Å². The number of nitrogens with zero attached hydrogens (tertiary/aromatic N) is 4. The third-order valence-corrected chi connectivity index (χ3v) is 6.57. The largest absolute Gasteiger partial charge is 0.396 e. The van der Waals surface area contributed by atoms with Crippen LogP contribution in [-0.4, -0.2) is 72.3 Å². The van der Waals surface area contributed by atoms with Crippen molar-refractivity contribution in [3.63, 3.8) is 0 Å². The summed E-state index contributed by atoms with van der Waals surface area (Å²) >= 11 is 1.79. The number of aliphatic hydroxyl groups is 1. The Hall–Kier alpha value is -0.690. The Balaban J connectivity index is 1.59. The van der Waals surface area contributed by atoms with Crippen LogP contribution in [0.15, 0.2) is 6.20 Å². The van der Waals surface area contributed by atoms with Crippen molar-refractivity contribution in [2.75, 3.05) is 45.2 Å². The molecule has 1 aromatic rings. The molecular weight excluding hydrogens is 320 g/mol. The van der Waals surface area contributed by atoms with Crippen LogP contribution < -0.4 is 4.90 Å². The Morgan fingerprint density at radius 3 is 2.71 bits per heavy atom. The molecule has 1 N–H and O–H groups in total. The van der Waals surface area contributed by atoms with Gasteiger partial charge in [0.15, 0.2) is 5.13 Å². The minimum Gasteiger partial charge on any atom is -0.396 e. The molecule has 1 aliphatic heterocycles. The fourth-order valence-corrected chi connectivity index (χ4v) is 5.05. The predicted octanol–water partition coefficient (Wildman–Crippen LogP) is 2.41. The van der Waals surface area contributed by atoms with Crippen LogP contribution >= 0.6 is 11.3 Å². The molecule has 1 saturated carbocycles. The Bertz CT molecular complexity index is 501. The van der Waals surface area contributed by atoms with Gasteiger partial charge in [-0.05, 0) is 19.3 Å². The number of anilines is 1. The monoisotopic (exact) mass is 352 g/mol. The van der Waals surface area contributed by atoms with Gasteiger partial charge in [0.2, 0.25) is 0 Å². The molecule has 1 unspecified atom stereocenters. The average molecular weight is 353 g/mol. The summed E-state index contributed by atoms with van der Waals surface area (Å²) in [5.41, 5.74) is 0. The molecule has 2 aliphatic rings. The van der Waals surface area contributed by atoms with Gasteiger partial charge >= 0.3 is 0 Å². The SMILES string of the molecule is CN(C)c1ncc(CN2CCN(C3CCCCC3)C(CCO)C2)s1. The van der Waals surface area contributed by atoms with Crippen molar-refractivity contribution in [3.8, 4) is 0 Å². The number of hydrogen-bond donors (Lipinski definition) is 1. The lowest BCUT2D eigenvalue weighted by molar-refractivity contribution is 0.0140. The molecule has 2 fully saturated rings. The Morgan fingerprint density at radius 1 is 1.25 bits per heavy atom. The lowest BCUT2D eigenvalue weighted by atomic mass is 9.92. The van der Waals surface area contributed by atoms with Crippen molar-refractivity contribution in [1.82, 2.24) is 14.8 Å². The quantitative estimate of drug-likeness (QED) is 0.852. The number of rotatable bonds is 6. The maximum absolute atomic E-state index is 9.52. The van der Waals surface area contributed by atoms with Gasteiger partial charge in [0.1, 0.15) is 0 Å². The van der Waals surface area contributed by atoms with Gasteiger partial charge in [-0.1, -0.05) is 19.3 Å². The first kappa shape index (κ1) is 18.1. The summed E-state index contributed by atoms with van der Waals surface area (Å²) in [5.74, 6) is 0. The zero-order valence-electron chi connectivity index (χ0n) is 15.2. The molecule has 1 aromatic heterocycles. The molecule has 0 amide bonds. The summed E-state index contributed by atoms with van der Waals surface area (Å²) in [5, 5.41) is 10.6. The molecular formula is C18H32N4OS. The highest BCUT2D eigenvalue weighted by molar-refractivity contribution is 7.15. The molecule has 0 radical (unpaired) electrons. The van der Waals surface area contributed by atoms with Crippen LogP contribution in [0, 0.1) is 0 Å². The van der Waals surface area contributed by atoms with E-state index in [2.05, 4.69) is 19.7 Å². The van der Waals surface area contributed by atoms with E-state index in [-0.39, 0.29) is 0 Å². The number of aromatic nitrogens is 1. The molecule has 0 spiro atoms. The van der Waals surface area contributed by atoms with E-state index >= 15 is 0 Å². The maximum atomic E-state index is 9.52. The standard InChI is InChI=1S/C18H32N4OS/c1-20(2)18-19-12-17(24-18)14-21-9-10-22(16(13-21)8-11-23)15-6-4-3-5-7-15/h12,15-16,23H,3-11,13-14H2,1-2H3. The minimum absolute atomic E-state index is 0.299. The van der Waals surface area contributed by atoms with Gasteiger partial charge in [-0.15, -0.1) is 11.3 Å². The summed E-state index contributed by atoms with van der Waals surface area (Å²) in [6.07, 6.45) is 9.79. The Labute approximate surface area is 150 Å². The van der Waals surface area contributed by atoms with E-state index in [9.17, 15) is 5.11 Å². The normalized spacial score (nSPS) is 24.4. The van der Waals surface area contributed by atoms with Gasteiger partial charge < -0.3 is 10.0 Å². The van der Waals surface area contributed by atoms with Crippen LogP contribution in [0.3, 0.4) is 0 Å². The minimum atomic E-state index is 0.299. The second-order valence-electron chi connectivity index (χ2n) is 7.43. The van der Waals surface area contributed by atoms with Gasteiger partial charge in [0.05, 0.1) is 0 Å². The predicted molar refractivity (Wildman–Crippen MR) is 101 cm³/mol. The lowest BCUT2D eigenvalue weighted by Gasteiger charge is -2.46. The van der Waals surface area contributed by atoms with E-state index in [0.717, 1.165) is 43.8 Å². The van der Waals surface area contributed by atoms with Crippen molar-refractivity contribution in [3.05, 3.63) is 11.1 Å². The number of piperazine rings is 1. The molecule has 3 rings (SSSR count). The summed E-state index contributed by atoms with van der Waals surface area (Å²) in [4.78, 5) is 13.2. The highest BCUT2D eigenvalue weighted by atomic mass is 32.1. The Morgan fingerprint density at radius 2 is 2.04 bits per heavy atom. The van der Waals surface area contributed by atoms with E-state index in [1.54, 1.807) is 11.3 Å². The molecule has 6 heteroatoms. The summed E-state index contributed by atoms with van der Waals surface area (Å²) in [6, 6.07) is 1.26. The van der Waals surface area contributed by atoms with Crippen LogP contribution in [0.25, 0.3) is 0 Å². The van der Waals surface area contributed by atoms with E-state index in [1.165, 1.54) is 37.0 Å². The van der Waals surface area contributed by atoms with Crippen molar-refractivity contribution >= 4 is 16.5 Å². The first-order valence-corrected chi connectivity index (χ1v) is 10.2. The fourth-order valence-electron chi connectivity index (χ4n) is 4.17. The van der Waals surface area contributed by atoms with Crippen LogP contribution in [-0.2, 0) is 6.54 Å². The van der Waals surface area contributed by atoms with E-state index < -0.39 is 0 Å². The molecule has 0 aromatic carbocycles. The van der Waals surface area contributed by atoms with Crippen LogP contribution in [0.1, 0.15) is 43.4 Å². The van der Waals surface area contributed by atoms with E-state index in [1.807, 2.05) is 20.3 Å². The lowest BCUT2D eigenvalue weighted by Crippen LogP contribution is -2.56. The average Bonchev–Trinajstić information content (AvgIpc) is 3.05. The van der Waals surface area contributed by atoms with Gasteiger partial charge in [0.25, 0.3) is 0 Å². The number of hydrogen-bond acceptors (Lipinski definition) is 6. The molecule has 1 saturated heterocycles. The molecule has 136 valence electrons. The highest BCUT2D eigenvalue weighted by Gasteiger charge is 2.32. The molecule has 2 heterocycles. The summed E-state index contributed by atoms with van der Waals surface area (Å²) in [7, 11) is 4.09. The smallest absolute Gasteiger partial charge is 0.185 e. The van der Waals surface area contributed by atoms with Crippen LogP contribution in [0.5, 0.6) is 0 Å². The Kier molecular flexibility index (Phi) is 6.49. The number of aliphatic hydroxyl groups excluding tert-OH is 1. The molecule has 5 nitrogen and oxygen atoms in total. The summed E-state index contributed by atoms with van der Waals surface area (Å²) in [6.45, 7) is 4.65. The topological polar surface area (TPSA) is 42.8 Å². The van der Waals surface area contributed by atoms with Gasteiger partial charge in [-0.25, -0.2) is 4.98 Å². The van der Waals surface area contributed by atoms with Crippen molar-refractivity contribution in [2.24, 2.45) is 0 Å². The van der Waals surface area contributed by atoms with Crippen molar-refractivity contribution in [2.45, 2.75) is 57.2 Å². The third-order valence-electron chi connectivity index (χ3n) is 5.42.